The van der Waals surface area contributed by atoms with Gasteiger partial charge in [0.25, 0.3) is 0 Å². The highest BCUT2D eigenvalue weighted by atomic mass is 16.5. The van der Waals surface area contributed by atoms with Gasteiger partial charge in [0.05, 0.1) is 19.3 Å². The van der Waals surface area contributed by atoms with Crippen molar-refractivity contribution < 1.29 is 14.6 Å². The second kappa shape index (κ2) is 5.29. The maximum absolute atomic E-state index is 9.90. The number of rotatable bonds is 3. The van der Waals surface area contributed by atoms with Crippen molar-refractivity contribution in [3.05, 3.63) is 29.3 Å². The van der Waals surface area contributed by atoms with Gasteiger partial charge in [0.1, 0.15) is 5.75 Å². The van der Waals surface area contributed by atoms with Gasteiger partial charge >= 0.3 is 0 Å². The summed E-state index contributed by atoms with van der Waals surface area (Å²) in [6.45, 7) is 2.22. The van der Waals surface area contributed by atoms with Crippen molar-refractivity contribution in [3.63, 3.8) is 0 Å². The van der Waals surface area contributed by atoms with E-state index in [0.29, 0.717) is 19.1 Å². The van der Waals surface area contributed by atoms with E-state index in [0.717, 1.165) is 38.0 Å². The van der Waals surface area contributed by atoms with Crippen LogP contribution in [0, 0.1) is 5.92 Å². The number of hydrogen-bond acceptors (Lipinski definition) is 3. The molecule has 0 aliphatic carbocycles. The summed E-state index contributed by atoms with van der Waals surface area (Å²) in [5.41, 5.74) is 2.67. The first kappa shape index (κ1) is 12.0. The lowest BCUT2D eigenvalue weighted by atomic mass is 9.91. The topological polar surface area (TPSA) is 38.7 Å². The summed E-state index contributed by atoms with van der Waals surface area (Å²) in [4.78, 5) is 0. The van der Waals surface area contributed by atoms with Crippen LogP contribution in [-0.4, -0.2) is 31.0 Å². The van der Waals surface area contributed by atoms with E-state index in [2.05, 4.69) is 18.2 Å². The van der Waals surface area contributed by atoms with Gasteiger partial charge in [0.2, 0.25) is 0 Å². The lowest BCUT2D eigenvalue weighted by molar-refractivity contribution is -0.0380. The maximum Gasteiger partial charge on any atom is 0.122 e. The summed E-state index contributed by atoms with van der Waals surface area (Å²) in [6.07, 6.45) is 3.64. The number of ether oxygens (including phenoxy) is 2. The van der Waals surface area contributed by atoms with Crippen molar-refractivity contribution in [1.82, 2.24) is 0 Å². The van der Waals surface area contributed by atoms with Crippen LogP contribution < -0.4 is 4.74 Å². The van der Waals surface area contributed by atoms with Crippen LogP contribution in [0.2, 0.25) is 0 Å². The molecule has 18 heavy (non-hydrogen) atoms. The highest BCUT2D eigenvalue weighted by molar-refractivity contribution is 5.39. The van der Waals surface area contributed by atoms with E-state index >= 15 is 0 Å². The van der Waals surface area contributed by atoms with E-state index in [-0.39, 0.29) is 6.10 Å². The smallest absolute Gasteiger partial charge is 0.122 e. The molecule has 2 atom stereocenters. The molecule has 0 amide bonds. The van der Waals surface area contributed by atoms with Crippen molar-refractivity contribution in [2.24, 2.45) is 5.92 Å². The first-order valence-corrected chi connectivity index (χ1v) is 6.83. The molecule has 3 nitrogen and oxygen atoms in total. The summed E-state index contributed by atoms with van der Waals surface area (Å²) in [7, 11) is 0. The fourth-order valence-electron chi connectivity index (χ4n) is 2.81. The van der Waals surface area contributed by atoms with Crippen molar-refractivity contribution in [2.75, 3.05) is 19.8 Å². The van der Waals surface area contributed by atoms with Crippen molar-refractivity contribution in [1.29, 1.82) is 0 Å². The molecule has 3 heteroatoms. The van der Waals surface area contributed by atoms with Crippen LogP contribution in [0.4, 0.5) is 0 Å². The summed E-state index contributed by atoms with van der Waals surface area (Å²) in [5, 5.41) is 9.90. The summed E-state index contributed by atoms with van der Waals surface area (Å²) in [5.74, 6) is 1.34. The summed E-state index contributed by atoms with van der Waals surface area (Å²) < 4.78 is 10.9. The van der Waals surface area contributed by atoms with E-state index in [1.807, 2.05) is 0 Å². The fraction of sp³-hybridized carbons (Fsp3) is 0.600. The Morgan fingerprint density at radius 1 is 1.28 bits per heavy atom. The number of aliphatic hydroxyl groups is 1. The molecular formula is C15H20O3. The number of benzene rings is 1. The molecule has 0 spiro atoms. The molecule has 0 bridgehead atoms. The molecule has 1 fully saturated rings. The maximum atomic E-state index is 9.90. The second-order valence-electron chi connectivity index (χ2n) is 5.27. The monoisotopic (exact) mass is 248 g/mol. The van der Waals surface area contributed by atoms with Gasteiger partial charge in [-0.25, -0.2) is 0 Å². The second-order valence-corrected chi connectivity index (χ2v) is 5.27. The van der Waals surface area contributed by atoms with Gasteiger partial charge in [-0.05, 0) is 36.5 Å². The Bertz CT molecular complexity index is 416. The predicted molar refractivity (Wildman–Crippen MR) is 68.9 cm³/mol. The molecule has 2 heterocycles. The average Bonchev–Trinajstić information content (AvgIpc) is 2.85. The zero-order valence-corrected chi connectivity index (χ0v) is 10.6. The van der Waals surface area contributed by atoms with E-state index in [4.69, 9.17) is 9.47 Å². The molecule has 2 unspecified atom stereocenters. The predicted octanol–water partition coefficient (Wildman–Crippen LogP) is 1.95. The first-order chi connectivity index (χ1) is 8.83. The van der Waals surface area contributed by atoms with Crippen LogP contribution in [0.15, 0.2) is 18.2 Å². The Kier molecular flexibility index (Phi) is 3.52. The Balaban J connectivity index is 1.59. The molecular weight excluding hydrogens is 228 g/mol. The van der Waals surface area contributed by atoms with E-state index < -0.39 is 0 Å². The third-order valence-electron chi connectivity index (χ3n) is 3.99. The molecule has 0 radical (unpaired) electrons. The third kappa shape index (κ3) is 2.52. The standard InChI is InChI=1S/C15H20O3/c16-14-6-7-17-10-13(14)3-1-11-2-4-15-12(9-11)5-8-18-15/h2,4,9,13-14,16H,1,3,5-8,10H2. The van der Waals surface area contributed by atoms with Crippen LogP contribution in [0.3, 0.4) is 0 Å². The van der Waals surface area contributed by atoms with Gasteiger partial charge in [-0.15, -0.1) is 0 Å². The Labute approximate surface area is 108 Å². The molecule has 2 aliphatic heterocycles. The van der Waals surface area contributed by atoms with Crippen molar-refractivity contribution in [3.8, 4) is 5.75 Å². The van der Waals surface area contributed by atoms with Crippen molar-refractivity contribution >= 4 is 0 Å². The quantitative estimate of drug-likeness (QED) is 0.888. The Hall–Kier alpha value is -1.06. The molecule has 0 aromatic heterocycles. The number of fused-ring (bicyclic) bond motifs is 1. The van der Waals surface area contributed by atoms with Gasteiger partial charge < -0.3 is 14.6 Å². The van der Waals surface area contributed by atoms with Crippen LogP contribution in [0.5, 0.6) is 5.75 Å². The van der Waals surface area contributed by atoms with Gasteiger partial charge in [0.15, 0.2) is 0 Å². The summed E-state index contributed by atoms with van der Waals surface area (Å²) >= 11 is 0. The molecule has 1 aromatic rings. The molecule has 0 saturated carbocycles. The number of aryl methyl sites for hydroxylation is 1. The Morgan fingerprint density at radius 3 is 3.11 bits per heavy atom. The zero-order valence-electron chi connectivity index (χ0n) is 10.6. The van der Waals surface area contributed by atoms with Gasteiger partial charge in [-0.3, -0.25) is 0 Å². The molecule has 1 aromatic carbocycles. The van der Waals surface area contributed by atoms with E-state index in [9.17, 15) is 5.11 Å². The van der Waals surface area contributed by atoms with Crippen LogP contribution >= 0.6 is 0 Å². The average molecular weight is 248 g/mol. The lowest BCUT2D eigenvalue weighted by Gasteiger charge is -2.27. The lowest BCUT2D eigenvalue weighted by Crippen LogP contribution is -2.32. The molecule has 2 aliphatic rings. The minimum absolute atomic E-state index is 0.184. The normalized spacial score (nSPS) is 26.7. The SMILES string of the molecule is OC1CCOCC1CCc1ccc2c(c1)CCO2. The van der Waals surface area contributed by atoms with Crippen LogP contribution in [0.25, 0.3) is 0 Å². The van der Waals surface area contributed by atoms with Crippen molar-refractivity contribution in [2.45, 2.75) is 31.8 Å². The largest absolute Gasteiger partial charge is 0.493 e. The minimum atomic E-state index is -0.184. The van der Waals surface area contributed by atoms with Crippen LogP contribution in [0.1, 0.15) is 24.0 Å². The van der Waals surface area contributed by atoms with E-state index in [1.165, 1.54) is 11.1 Å². The first-order valence-electron chi connectivity index (χ1n) is 6.83. The molecule has 3 rings (SSSR count). The molecule has 1 saturated heterocycles. The fourth-order valence-corrected chi connectivity index (χ4v) is 2.81. The molecule has 1 N–H and O–H groups in total. The van der Waals surface area contributed by atoms with Crippen LogP contribution in [-0.2, 0) is 17.6 Å². The Morgan fingerprint density at radius 2 is 2.22 bits per heavy atom. The van der Waals surface area contributed by atoms with E-state index in [1.54, 1.807) is 0 Å². The molecule has 98 valence electrons. The zero-order chi connectivity index (χ0) is 12.4. The van der Waals surface area contributed by atoms with Gasteiger partial charge in [0, 0.05) is 18.9 Å². The minimum Gasteiger partial charge on any atom is -0.493 e. The number of hydrogen-bond donors (Lipinski definition) is 1. The number of aliphatic hydroxyl groups excluding tert-OH is 1. The highest BCUT2D eigenvalue weighted by Gasteiger charge is 2.23. The van der Waals surface area contributed by atoms with Gasteiger partial charge in [-0.1, -0.05) is 12.1 Å². The highest BCUT2D eigenvalue weighted by Crippen LogP contribution is 2.27. The van der Waals surface area contributed by atoms with Gasteiger partial charge in [-0.2, -0.15) is 0 Å². The summed E-state index contributed by atoms with van der Waals surface area (Å²) in [6, 6.07) is 6.46. The third-order valence-corrected chi connectivity index (χ3v) is 3.99.